The third-order valence-corrected chi connectivity index (χ3v) is 3.34. The Morgan fingerprint density at radius 1 is 1.43 bits per heavy atom. The lowest BCUT2D eigenvalue weighted by Crippen LogP contribution is -2.38. The van der Waals surface area contributed by atoms with Crippen LogP contribution in [0.15, 0.2) is 6.20 Å². The Morgan fingerprint density at radius 2 is 2.10 bits per heavy atom. The number of carbonyl (C=O) groups is 1. The summed E-state index contributed by atoms with van der Waals surface area (Å²) in [6.45, 7) is 8.50. The van der Waals surface area contributed by atoms with E-state index in [0.29, 0.717) is 17.2 Å². The van der Waals surface area contributed by atoms with Gasteiger partial charge in [-0.3, -0.25) is 4.79 Å². The predicted molar refractivity (Wildman–Crippen MR) is 83.5 cm³/mol. The van der Waals surface area contributed by atoms with Gasteiger partial charge in [-0.15, -0.1) is 0 Å². The van der Waals surface area contributed by atoms with E-state index >= 15 is 0 Å². The number of nitrogens with zero attached hydrogens (tertiary/aromatic N) is 3. The molecule has 6 nitrogen and oxygen atoms in total. The molecular formula is C15H26N4O2. The maximum absolute atomic E-state index is 12.6. The van der Waals surface area contributed by atoms with Gasteiger partial charge in [0.05, 0.1) is 24.5 Å². The molecule has 1 aromatic heterocycles. The zero-order chi connectivity index (χ0) is 16.0. The largest absolute Gasteiger partial charge is 0.394 e. The van der Waals surface area contributed by atoms with E-state index in [1.54, 1.807) is 20.2 Å². The Labute approximate surface area is 126 Å². The van der Waals surface area contributed by atoms with Crippen LogP contribution in [0.2, 0.25) is 0 Å². The molecule has 1 aromatic rings. The lowest BCUT2D eigenvalue weighted by atomic mass is 10.2. The molecule has 0 radical (unpaired) electrons. The van der Waals surface area contributed by atoms with E-state index in [9.17, 15) is 9.90 Å². The highest BCUT2D eigenvalue weighted by molar-refractivity contribution is 5.97. The molecular weight excluding hydrogens is 268 g/mol. The van der Waals surface area contributed by atoms with Crippen LogP contribution < -0.4 is 5.32 Å². The van der Waals surface area contributed by atoms with Crippen molar-refractivity contribution in [3.63, 3.8) is 0 Å². The van der Waals surface area contributed by atoms with Crippen molar-refractivity contribution in [3.05, 3.63) is 17.7 Å². The SMILES string of the molecule is CCCNc1cnc(C(C)C)nc1C(=O)N(C)C(C)CO. The minimum absolute atomic E-state index is 0.0813. The number of nitrogens with one attached hydrogen (secondary N) is 1. The highest BCUT2D eigenvalue weighted by Crippen LogP contribution is 2.18. The number of amides is 1. The summed E-state index contributed by atoms with van der Waals surface area (Å²) in [4.78, 5) is 22.8. The lowest BCUT2D eigenvalue weighted by molar-refractivity contribution is 0.0677. The Morgan fingerprint density at radius 3 is 2.62 bits per heavy atom. The smallest absolute Gasteiger partial charge is 0.274 e. The molecule has 1 unspecified atom stereocenters. The van der Waals surface area contributed by atoms with Crippen LogP contribution in [0.5, 0.6) is 0 Å². The summed E-state index contributed by atoms with van der Waals surface area (Å²) in [6, 6.07) is -0.256. The number of anilines is 1. The summed E-state index contributed by atoms with van der Waals surface area (Å²) in [5.41, 5.74) is 1.01. The van der Waals surface area contributed by atoms with Crippen molar-refractivity contribution < 1.29 is 9.90 Å². The normalized spacial score (nSPS) is 12.3. The van der Waals surface area contributed by atoms with Gasteiger partial charge in [0.25, 0.3) is 5.91 Å². The summed E-state index contributed by atoms with van der Waals surface area (Å²) in [5, 5.41) is 12.4. The molecule has 0 bridgehead atoms. The first-order valence-electron chi connectivity index (χ1n) is 7.41. The van der Waals surface area contributed by atoms with Crippen LogP contribution in [-0.4, -0.2) is 52.1 Å². The zero-order valence-electron chi connectivity index (χ0n) is 13.6. The van der Waals surface area contributed by atoms with E-state index in [2.05, 4.69) is 22.2 Å². The van der Waals surface area contributed by atoms with E-state index in [0.717, 1.165) is 13.0 Å². The number of likely N-dealkylation sites (N-methyl/N-ethyl adjacent to an activating group) is 1. The maximum atomic E-state index is 12.6. The van der Waals surface area contributed by atoms with Crippen molar-refractivity contribution in [3.8, 4) is 0 Å². The second-order valence-electron chi connectivity index (χ2n) is 5.52. The summed E-state index contributed by atoms with van der Waals surface area (Å²) >= 11 is 0. The van der Waals surface area contributed by atoms with Crippen molar-refractivity contribution in [2.45, 2.75) is 46.1 Å². The molecule has 1 heterocycles. The minimum Gasteiger partial charge on any atom is -0.394 e. The second-order valence-corrected chi connectivity index (χ2v) is 5.52. The Kier molecular flexibility index (Phi) is 6.55. The number of aliphatic hydroxyl groups excluding tert-OH is 1. The molecule has 1 rings (SSSR count). The quantitative estimate of drug-likeness (QED) is 0.802. The number of carbonyl (C=O) groups excluding carboxylic acids is 1. The predicted octanol–water partition coefficient (Wildman–Crippen LogP) is 1.87. The van der Waals surface area contributed by atoms with Crippen LogP contribution in [0.1, 0.15) is 56.3 Å². The molecule has 0 spiro atoms. The molecule has 0 aliphatic heterocycles. The monoisotopic (exact) mass is 294 g/mol. The van der Waals surface area contributed by atoms with Gasteiger partial charge in [0.15, 0.2) is 5.69 Å². The van der Waals surface area contributed by atoms with Gasteiger partial charge >= 0.3 is 0 Å². The number of aliphatic hydroxyl groups is 1. The standard InChI is InChI=1S/C15H26N4O2/c1-6-7-16-12-8-17-14(10(2)3)18-13(12)15(21)19(5)11(4)9-20/h8,10-11,16,20H,6-7,9H2,1-5H3. The molecule has 1 atom stereocenters. The van der Waals surface area contributed by atoms with Gasteiger partial charge in [0.2, 0.25) is 0 Å². The van der Waals surface area contributed by atoms with Gasteiger partial charge < -0.3 is 15.3 Å². The third-order valence-electron chi connectivity index (χ3n) is 3.34. The highest BCUT2D eigenvalue weighted by Gasteiger charge is 2.22. The Balaban J connectivity index is 3.15. The fraction of sp³-hybridized carbons (Fsp3) is 0.667. The average Bonchev–Trinajstić information content (AvgIpc) is 2.50. The molecule has 118 valence electrons. The van der Waals surface area contributed by atoms with E-state index in [1.807, 2.05) is 13.8 Å². The van der Waals surface area contributed by atoms with Crippen molar-refractivity contribution in [2.24, 2.45) is 0 Å². The van der Waals surface area contributed by atoms with Crippen LogP contribution in [0, 0.1) is 0 Å². The summed E-state index contributed by atoms with van der Waals surface area (Å²) in [6.07, 6.45) is 2.62. The fourth-order valence-electron chi connectivity index (χ4n) is 1.72. The second kappa shape index (κ2) is 7.93. The lowest BCUT2D eigenvalue weighted by Gasteiger charge is -2.24. The van der Waals surface area contributed by atoms with Gasteiger partial charge in [0.1, 0.15) is 5.82 Å². The molecule has 0 aliphatic carbocycles. The zero-order valence-corrected chi connectivity index (χ0v) is 13.6. The number of hydrogen-bond acceptors (Lipinski definition) is 5. The van der Waals surface area contributed by atoms with Crippen LogP contribution in [0.3, 0.4) is 0 Å². The van der Waals surface area contributed by atoms with Crippen LogP contribution in [0.4, 0.5) is 5.69 Å². The van der Waals surface area contributed by atoms with Crippen molar-refractivity contribution in [1.29, 1.82) is 0 Å². The molecule has 0 aliphatic rings. The average molecular weight is 294 g/mol. The Hall–Kier alpha value is -1.69. The molecule has 0 saturated carbocycles. The molecule has 0 fully saturated rings. The van der Waals surface area contributed by atoms with Gasteiger partial charge in [-0.05, 0) is 13.3 Å². The molecule has 1 amide bonds. The first kappa shape index (κ1) is 17.4. The van der Waals surface area contributed by atoms with Crippen molar-refractivity contribution in [1.82, 2.24) is 14.9 Å². The van der Waals surface area contributed by atoms with Gasteiger partial charge in [0, 0.05) is 19.5 Å². The fourth-order valence-corrected chi connectivity index (χ4v) is 1.72. The molecule has 21 heavy (non-hydrogen) atoms. The first-order valence-corrected chi connectivity index (χ1v) is 7.41. The Bertz CT molecular complexity index is 477. The number of rotatable bonds is 7. The molecule has 0 aromatic carbocycles. The minimum atomic E-state index is -0.256. The topological polar surface area (TPSA) is 78.4 Å². The first-order chi connectivity index (χ1) is 9.92. The van der Waals surface area contributed by atoms with E-state index in [1.165, 1.54) is 4.90 Å². The van der Waals surface area contributed by atoms with E-state index < -0.39 is 0 Å². The van der Waals surface area contributed by atoms with Crippen LogP contribution in [-0.2, 0) is 0 Å². The van der Waals surface area contributed by atoms with Gasteiger partial charge in [-0.2, -0.15) is 0 Å². The van der Waals surface area contributed by atoms with Crippen LogP contribution >= 0.6 is 0 Å². The van der Waals surface area contributed by atoms with Crippen molar-refractivity contribution in [2.75, 3.05) is 25.5 Å². The van der Waals surface area contributed by atoms with Gasteiger partial charge in [-0.25, -0.2) is 9.97 Å². The van der Waals surface area contributed by atoms with Crippen LogP contribution in [0.25, 0.3) is 0 Å². The molecule has 2 N–H and O–H groups in total. The molecule has 0 saturated heterocycles. The maximum Gasteiger partial charge on any atom is 0.274 e. The number of hydrogen-bond donors (Lipinski definition) is 2. The van der Waals surface area contributed by atoms with Crippen molar-refractivity contribution >= 4 is 11.6 Å². The van der Waals surface area contributed by atoms with Gasteiger partial charge in [-0.1, -0.05) is 20.8 Å². The highest BCUT2D eigenvalue weighted by atomic mass is 16.3. The summed E-state index contributed by atoms with van der Waals surface area (Å²) in [5.74, 6) is 0.585. The number of aromatic nitrogens is 2. The molecule has 6 heteroatoms. The summed E-state index contributed by atoms with van der Waals surface area (Å²) in [7, 11) is 1.67. The third kappa shape index (κ3) is 4.39. The van der Waals surface area contributed by atoms with E-state index in [-0.39, 0.29) is 24.5 Å². The summed E-state index contributed by atoms with van der Waals surface area (Å²) < 4.78 is 0. The van der Waals surface area contributed by atoms with E-state index in [4.69, 9.17) is 0 Å².